The van der Waals surface area contributed by atoms with Crippen LogP contribution < -0.4 is 28.9 Å². The van der Waals surface area contributed by atoms with Crippen LogP contribution >= 0.6 is 0 Å². The summed E-state index contributed by atoms with van der Waals surface area (Å²) in [6.45, 7) is 0. The van der Waals surface area contributed by atoms with Gasteiger partial charge in [0, 0.05) is 48.8 Å². The van der Waals surface area contributed by atoms with E-state index in [1.165, 1.54) is 0 Å². The first-order valence-electron chi connectivity index (χ1n) is 13.3. The molecule has 44 heavy (non-hydrogen) atoms. The molecule has 12 heteroatoms. The lowest BCUT2D eigenvalue weighted by molar-refractivity contribution is -0.363. The van der Waals surface area contributed by atoms with Gasteiger partial charge in [-0.15, -0.1) is 0 Å². The Labute approximate surface area is 257 Å². The third-order valence-corrected chi connectivity index (χ3v) is 6.83. The molecule has 4 aromatic rings. The van der Waals surface area contributed by atoms with E-state index in [1.54, 1.807) is 65.1 Å². The van der Waals surface area contributed by atoms with Crippen molar-refractivity contribution in [1.29, 1.82) is 0 Å². The third-order valence-electron chi connectivity index (χ3n) is 6.83. The van der Waals surface area contributed by atoms with Gasteiger partial charge < -0.3 is 28.3 Å². The fourth-order valence-electron chi connectivity index (χ4n) is 4.60. The minimum absolute atomic E-state index is 0.219. The van der Waals surface area contributed by atoms with E-state index in [-0.39, 0.29) is 11.8 Å². The molecular weight excluding hydrogens is 558 g/mol. The van der Waals surface area contributed by atoms with Crippen LogP contribution in [0.15, 0.2) is 82.8 Å². The Kier molecular flexibility index (Phi) is 9.29. The highest BCUT2D eigenvalue weighted by atomic mass is 16.5. The Morgan fingerprint density at radius 3 is 1.25 bits per heavy atom. The summed E-state index contributed by atoms with van der Waals surface area (Å²) in [5.41, 5.74) is 4.76. The number of benzene rings is 4. The molecule has 4 radical (unpaired) electrons. The monoisotopic (exact) mass is 586 g/mol. The quantitative estimate of drug-likeness (QED) is 0.355. The first-order chi connectivity index (χ1) is 21.5. The molecule has 1 heterocycles. The molecule has 0 atom stereocenters. The Morgan fingerprint density at radius 1 is 0.523 bits per heavy atom. The fourth-order valence-corrected chi connectivity index (χ4v) is 4.60. The van der Waals surface area contributed by atoms with Crippen LogP contribution in [0.25, 0.3) is 0 Å². The third kappa shape index (κ3) is 6.14. The highest BCUT2D eigenvalue weighted by Crippen LogP contribution is 2.36. The number of hydrogen-bond acceptors (Lipinski definition) is 8. The predicted octanol–water partition coefficient (Wildman–Crippen LogP) is 2.05. The summed E-state index contributed by atoms with van der Waals surface area (Å²) in [6, 6.07) is 21.9. The molecule has 0 aromatic heterocycles. The number of nitrogens with one attached hydrogen (secondary N) is 2. The lowest BCUT2D eigenvalue weighted by Gasteiger charge is -2.12. The van der Waals surface area contributed by atoms with Gasteiger partial charge in [0.05, 0.1) is 50.9 Å². The molecule has 1 aliphatic rings. The Bertz CT molecular complexity index is 1670. The van der Waals surface area contributed by atoms with Crippen molar-refractivity contribution in [2.75, 3.05) is 28.4 Å². The largest absolute Gasteiger partial charge is 0.523 e. The maximum atomic E-state index is 5.83. The molecule has 0 spiro atoms. The summed E-state index contributed by atoms with van der Waals surface area (Å²) in [6.07, 6.45) is 3.37. The van der Waals surface area contributed by atoms with Gasteiger partial charge in [0.2, 0.25) is 11.4 Å². The zero-order valence-corrected chi connectivity index (χ0v) is 24.6. The number of ether oxygens (including phenoxy) is 4. The lowest BCUT2D eigenvalue weighted by atomic mass is 10.1. The average Bonchev–Trinajstić information content (AvgIpc) is 3.07. The van der Waals surface area contributed by atoms with E-state index in [1.807, 2.05) is 48.5 Å². The average molecular weight is 586 g/mol. The maximum absolute atomic E-state index is 5.83. The molecule has 4 aromatic carbocycles. The van der Waals surface area contributed by atoms with Crippen LogP contribution in [-0.2, 0) is 9.31 Å². The van der Waals surface area contributed by atoms with Crippen LogP contribution in [0.5, 0.6) is 23.0 Å². The maximum Gasteiger partial charge on any atom is 0.382 e. The predicted molar refractivity (Wildman–Crippen MR) is 170 cm³/mol. The molecule has 10 nitrogen and oxygen atoms in total. The van der Waals surface area contributed by atoms with Gasteiger partial charge in [-0.3, -0.25) is 9.98 Å². The molecule has 0 amide bonds. The molecule has 0 aliphatic carbocycles. The summed E-state index contributed by atoms with van der Waals surface area (Å²) >= 11 is 0. The van der Waals surface area contributed by atoms with E-state index in [0.29, 0.717) is 68.0 Å². The summed E-state index contributed by atoms with van der Waals surface area (Å²) in [5.74, 6) is 2.31. The van der Waals surface area contributed by atoms with Gasteiger partial charge in [-0.2, -0.15) is 9.98 Å². The summed E-state index contributed by atoms with van der Waals surface area (Å²) < 4.78 is 33.0. The van der Waals surface area contributed by atoms with E-state index in [4.69, 9.17) is 54.3 Å². The standard InChI is InChI=1S/C32H26B2N4O6/c1-39-27-13-21-25(15-29(27)41-3)35-17-19-9-6-8-12-24(19)38-32(44-34)22-14-28(40-2)30(42-4)16-26(22)36-18-20-10-5-7-11-23(20)37-31(21)43-33/h5-18H,1-4H3/p+2. The first kappa shape index (κ1) is 30.0. The van der Waals surface area contributed by atoms with Crippen LogP contribution in [0.3, 0.4) is 0 Å². The Morgan fingerprint density at radius 2 is 0.886 bits per heavy atom. The first-order valence-corrected chi connectivity index (χ1v) is 13.3. The Balaban J connectivity index is 1.85. The van der Waals surface area contributed by atoms with Gasteiger partial charge in [0.15, 0.2) is 23.0 Å². The van der Waals surface area contributed by atoms with Crippen molar-refractivity contribution in [1.82, 2.24) is 0 Å². The van der Waals surface area contributed by atoms with Crippen LogP contribution in [-0.4, -0.2) is 68.8 Å². The van der Waals surface area contributed by atoms with E-state index in [9.17, 15) is 0 Å². The van der Waals surface area contributed by atoms with Crippen LogP contribution in [0.1, 0.15) is 22.3 Å². The van der Waals surface area contributed by atoms with Crippen LogP contribution in [0.2, 0.25) is 0 Å². The highest BCUT2D eigenvalue weighted by molar-refractivity contribution is 6.12. The molecule has 1 aliphatic heterocycles. The smallest absolute Gasteiger partial charge is 0.382 e. The number of aliphatic imine (C=N–C) groups is 2. The molecule has 0 fully saturated rings. The molecule has 0 bridgehead atoms. The van der Waals surface area contributed by atoms with Gasteiger partial charge in [-0.25, -0.2) is 0 Å². The number of methoxy groups -OCH3 is 4. The van der Waals surface area contributed by atoms with Crippen molar-refractivity contribution in [3.63, 3.8) is 0 Å². The molecular formula is C32H28B2N4O6+2. The molecule has 0 saturated carbocycles. The fraction of sp³-hybridized carbons (Fsp3) is 0.125. The van der Waals surface area contributed by atoms with E-state index >= 15 is 0 Å². The summed E-state index contributed by atoms with van der Waals surface area (Å²) in [5, 5.41) is 0. The molecule has 2 N–H and O–H groups in total. The van der Waals surface area contributed by atoms with Gasteiger partial charge in [-0.05, 0) is 12.1 Å². The summed E-state index contributed by atoms with van der Waals surface area (Å²) in [7, 11) is 17.8. The zero-order chi connectivity index (χ0) is 31.1. The second kappa shape index (κ2) is 13.6. The minimum atomic E-state index is 0.219. The molecule has 0 unspecified atom stereocenters. The van der Waals surface area contributed by atoms with Crippen LogP contribution in [0.4, 0.5) is 22.7 Å². The van der Waals surface area contributed by atoms with E-state index in [0.717, 1.165) is 0 Å². The van der Waals surface area contributed by atoms with Crippen molar-refractivity contribution < 1.29 is 38.2 Å². The minimum Gasteiger partial charge on any atom is -0.523 e. The molecule has 0 saturated heterocycles. The van der Waals surface area contributed by atoms with Gasteiger partial charge in [-0.1, -0.05) is 24.3 Å². The number of rotatable bonds is 4. The molecule has 216 valence electrons. The van der Waals surface area contributed by atoms with Gasteiger partial charge in [0.25, 0.3) is 0 Å². The summed E-state index contributed by atoms with van der Waals surface area (Å²) in [4.78, 5) is 16.2. The van der Waals surface area contributed by atoms with Gasteiger partial charge >= 0.3 is 27.9 Å². The highest BCUT2D eigenvalue weighted by Gasteiger charge is 2.24. The van der Waals surface area contributed by atoms with Gasteiger partial charge in [0.1, 0.15) is 11.1 Å². The number of fused-ring (bicyclic) bond motifs is 4. The van der Waals surface area contributed by atoms with E-state index in [2.05, 4.69) is 9.98 Å². The Hall–Kier alpha value is -5.51. The van der Waals surface area contributed by atoms with Crippen molar-refractivity contribution in [2.45, 2.75) is 0 Å². The second-order valence-electron chi connectivity index (χ2n) is 9.28. The van der Waals surface area contributed by atoms with E-state index < -0.39 is 0 Å². The number of nitrogens with zero attached hydrogens (tertiary/aromatic N) is 2. The van der Waals surface area contributed by atoms with Crippen molar-refractivity contribution >= 4 is 63.1 Å². The lowest BCUT2D eigenvalue weighted by Crippen LogP contribution is -2.68. The molecule has 5 rings (SSSR count). The zero-order valence-electron chi connectivity index (χ0n) is 24.6. The SMILES string of the molecule is [B]OC1=[NH+]c2ccccc2C=Nc2cc(OC)c(OC)cc2C(O[B])=[NH+]c2ccccc2C=Nc2cc(OC)c(OC)cc21. The number of para-hydroxylation sites is 2. The van der Waals surface area contributed by atoms with Crippen molar-refractivity contribution in [2.24, 2.45) is 9.98 Å². The van der Waals surface area contributed by atoms with Crippen LogP contribution in [0, 0.1) is 0 Å². The number of hydrogen-bond donors (Lipinski definition) is 2. The van der Waals surface area contributed by atoms with Crippen molar-refractivity contribution in [3.05, 3.63) is 95.1 Å². The topological polar surface area (TPSA) is 108 Å². The second-order valence-corrected chi connectivity index (χ2v) is 9.28. The normalized spacial score (nSPS) is 12.4. The van der Waals surface area contributed by atoms with Crippen molar-refractivity contribution in [3.8, 4) is 23.0 Å².